The van der Waals surface area contributed by atoms with Crippen LogP contribution in [0.2, 0.25) is 0 Å². The van der Waals surface area contributed by atoms with E-state index in [0.717, 1.165) is 11.3 Å². The maximum Gasteiger partial charge on any atom is 0.268 e. The normalized spacial score (nSPS) is 10.8. The fourth-order valence-electron chi connectivity index (χ4n) is 1.44. The summed E-state index contributed by atoms with van der Waals surface area (Å²) in [5.41, 5.74) is 1.70. The lowest BCUT2D eigenvalue weighted by atomic mass is 10.1. The van der Waals surface area contributed by atoms with Gasteiger partial charge in [-0.15, -0.1) is 11.3 Å². The molecule has 0 spiro atoms. The molecule has 0 fully saturated rings. The van der Waals surface area contributed by atoms with Crippen LogP contribution in [-0.4, -0.2) is 10.9 Å². The second-order valence-electron chi connectivity index (χ2n) is 3.83. The predicted octanol–water partition coefficient (Wildman–Crippen LogP) is 3.00. The van der Waals surface area contributed by atoms with Crippen molar-refractivity contribution in [1.29, 1.82) is 5.26 Å². The average molecular weight is 269 g/mol. The molecular weight excluding hydrogens is 258 g/mol. The summed E-state index contributed by atoms with van der Waals surface area (Å²) in [5.74, 6) is -0.444. The molecule has 1 aromatic carbocycles. The smallest absolute Gasteiger partial charge is 0.268 e. The van der Waals surface area contributed by atoms with E-state index in [-0.39, 0.29) is 5.57 Å². The molecule has 0 bridgehead atoms. The molecule has 0 atom stereocenters. The topological polar surface area (TPSA) is 65.8 Å². The van der Waals surface area contributed by atoms with Gasteiger partial charge in [0.2, 0.25) is 0 Å². The van der Waals surface area contributed by atoms with E-state index in [2.05, 4.69) is 10.3 Å². The zero-order valence-corrected chi connectivity index (χ0v) is 11.1. The lowest BCUT2D eigenvalue weighted by Crippen LogP contribution is -2.13. The van der Waals surface area contributed by atoms with Gasteiger partial charge in [0, 0.05) is 5.38 Å². The number of hydrogen-bond donors (Lipinski definition) is 1. The van der Waals surface area contributed by atoms with Gasteiger partial charge in [0.05, 0.1) is 5.69 Å². The zero-order valence-electron chi connectivity index (χ0n) is 10.3. The van der Waals surface area contributed by atoms with Gasteiger partial charge in [0.15, 0.2) is 5.13 Å². The lowest BCUT2D eigenvalue weighted by molar-refractivity contribution is -0.112. The first-order valence-electron chi connectivity index (χ1n) is 5.59. The number of nitrogens with zero attached hydrogens (tertiary/aromatic N) is 2. The molecule has 0 radical (unpaired) electrons. The third-order valence-corrected chi connectivity index (χ3v) is 3.19. The van der Waals surface area contributed by atoms with Crippen molar-refractivity contribution in [2.75, 3.05) is 5.32 Å². The molecule has 19 heavy (non-hydrogen) atoms. The van der Waals surface area contributed by atoms with Gasteiger partial charge in [-0.2, -0.15) is 5.26 Å². The highest BCUT2D eigenvalue weighted by molar-refractivity contribution is 7.13. The third kappa shape index (κ3) is 3.50. The van der Waals surface area contributed by atoms with E-state index >= 15 is 0 Å². The molecule has 1 heterocycles. The van der Waals surface area contributed by atoms with E-state index in [1.54, 1.807) is 6.08 Å². The molecule has 0 unspecified atom stereocenters. The van der Waals surface area contributed by atoms with Crippen molar-refractivity contribution in [3.63, 3.8) is 0 Å². The van der Waals surface area contributed by atoms with E-state index in [9.17, 15) is 4.79 Å². The molecule has 0 aliphatic rings. The van der Waals surface area contributed by atoms with Crippen LogP contribution in [0.4, 0.5) is 5.13 Å². The molecule has 1 amide bonds. The largest absolute Gasteiger partial charge is 0.297 e. The van der Waals surface area contributed by atoms with Crippen LogP contribution in [0, 0.1) is 18.3 Å². The van der Waals surface area contributed by atoms with Crippen molar-refractivity contribution in [2.24, 2.45) is 0 Å². The summed E-state index contributed by atoms with van der Waals surface area (Å²) in [6.07, 6.45) is 1.55. The Kier molecular flexibility index (Phi) is 4.06. The van der Waals surface area contributed by atoms with Gasteiger partial charge in [-0.3, -0.25) is 10.1 Å². The molecule has 0 saturated heterocycles. The van der Waals surface area contributed by atoms with Gasteiger partial charge in [0.1, 0.15) is 11.6 Å². The first-order chi connectivity index (χ1) is 9.19. The number of amides is 1. The number of carbonyl (C=O) groups is 1. The van der Waals surface area contributed by atoms with Gasteiger partial charge in [-0.1, -0.05) is 30.3 Å². The molecule has 1 N–H and O–H groups in total. The summed E-state index contributed by atoms with van der Waals surface area (Å²) in [6.45, 7) is 1.84. The van der Waals surface area contributed by atoms with Crippen LogP contribution in [0.25, 0.3) is 6.08 Å². The molecule has 4 nitrogen and oxygen atoms in total. The summed E-state index contributed by atoms with van der Waals surface area (Å²) >= 11 is 1.33. The Bertz CT molecular complexity index is 653. The summed E-state index contributed by atoms with van der Waals surface area (Å²) < 4.78 is 0. The van der Waals surface area contributed by atoms with Crippen molar-refractivity contribution in [3.8, 4) is 6.07 Å². The zero-order chi connectivity index (χ0) is 13.7. The Morgan fingerprint density at radius 1 is 1.42 bits per heavy atom. The fraction of sp³-hybridized carbons (Fsp3) is 0.0714. The number of thiazole rings is 1. The number of hydrogen-bond acceptors (Lipinski definition) is 4. The average Bonchev–Trinajstić information content (AvgIpc) is 2.82. The van der Waals surface area contributed by atoms with Crippen molar-refractivity contribution in [2.45, 2.75) is 6.92 Å². The van der Waals surface area contributed by atoms with Crippen molar-refractivity contribution in [1.82, 2.24) is 4.98 Å². The highest BCUT2D eigenvalue weighted by Crippen LogP contribution is 2.16. The molecule has 0 aliphatic carbocycles. The molecule has 0 aliphatic heterocycles. The standard InChI is InChI=1S/C14H11N3OS/c1-10-9-19-14(16-10)17-13(18)12(8-15)7-11-5-3-2-4-6-11/h2-7,9H,1H3,(H,16,17,18)/b12-7+. The minimum Gasteiger partial charge on any atom is -0.297 e. The lowest BCUT2D eigenvalue weighted by Gasteiger charge is -2.00. The van der Waals surface area contributed by atoms with Gasteiger partial charge < -0.3 is 0 Å². The second-order valence-corrected chi connectivity index (χ2v) is 4.69. The molecule has 94 valence electrons. The summed E-state index contributed by atoms with van der Waals surface area (Å²) in [6, 6.07) is 11.1. The van der Waals surface area contributed by atoms with E-state index in [1.807, 2.05) is 48.7 Å². The van der Waals surface area contributed by atoms with Crippen LogP contribution in [0.3, 0.4) is 0 Å². The van der Waals surface area contributed by atoms with Gasteiger partial charge in [0.25, 0.3) is 5.91 Å². The van der Waals surface area contributed by atoms with Crippen LogP contribution in [0.5, 0.6) is 0 Å². The van der Waals surface area contributed by atoms with E-state index in [1.165, 1.54) is 11.3 Å². The van der Waals surface area contributed by atoms with Crippen LogP contribution < -0.4 is 5.32 Å². The SMILES string of the molecule is Cc1csc(NC(=O)/C(C#N)=C/c2ccccc2)n1. The summed E-state index contributed by atoms with van der Waals surface area (Å²) in [4.78, 5) is 16.0. The summed E-state index contributed by atoms with van der Waals surface area (Å²) in [7, 11) is 0. The Morgan fingerprint density at radius 2 is 2.16 bits per heavy atom. The molecule has 1 aromatic heterocycles. The third-order valence-electron chi connectivity index (χ3n) is 2.32. The van der Waals surface area contributed by atoms with E-state index < -0.39 is 5.91 Å². The number of aryl methyl sites for hydroxylation is 1. The highest BCUT2D eigenvalue weighted by Gasteiger charge is 2.11. The van der Waals surface area contributed by atoms with Crippen molar-refractivity contribution < 1.29 is 4.79 Å². The number of aromatic nitrogens is 1. The monoisotopic (exact) mass is 269 g/mol. The first-order valence-corrected chi connectivity index (χ1v) is 6.47. The quantitative estimate of drug-likeness (QED) is 0.688. The fourth-order valence-corrected chi connectivity index (χ4v) is 2.12. The molecule has 2 aromatic rings. The Morgan fingerprint density at radius 3 is 2.74 bits per heavy atom. The number of nitriles is 1. The maximum absolute atomic E-state index is 11.9. The molecule has 5 heteroatoms. The number of carbonyl (C=O) groups excluding carboxylic acids is 1. The number of rotatable bonds is 3. The van der Waals surface area contributed by atoms with E-state index in [4.69, 9.17) is 5.26 Å². The Balaban J connectivity index is 2.16. The maximum atomic E-state index is 11.9. The highest BCUT2D eigenvalue weighted by atomic mass is 32.1. The minimum absolute atomic E-state index is 0.0547. The Labute approximate surface area is 115 Å². The predicted molar refractivity (Wildman–Crippen MR) is 75.5 cm³/mol. The van der Waals surface area contributed by atoms with Crippen LogP contribution in [-0.2, 0) is 4.79 Å². The van der Waals surface area contributed by atoms with Gasteiger partial charge >= 0.3 is 0 Å². The van der Waals surface area contributed by atoms with Gasteiger partial charge in [-0.05, 0) is 18.6 Å². The minimum atomic E-state index is -0.444. The first kappa shape index (κ1) is 13.0. The van der Waals surface area contributed by atoms with Crippen LogP contribution in [0.15, 0.2) is 41.3 Å². The second kappa shape index (κ2) is 5.94. The van der Waals surface area contributed by atoms with Crippen LogP contribution >= 0.6 is 11.3 Å². The Hall–Kier alpha value is -2.45. The number of nitrogens with one attached hydrogen (secondary N) is 1. The number of anilines is 1. The molecular formula is C14H11N3OS. The number of benzene rings is 1. The summed E-state index contributed by atoms with van der Waals surface area (Å²) in [5, 5.41) is 14.0. The van der Waals surface area contributed by atoms with Gasteiger partial charge in [-0.25, -0.2) is 4.98 Å². The van der Waals surface area contributed by atoms with Crippen molar-refractivity contribution >= 4 is 28.5 Å². The molecule has 2 rings (SSSR count). The van der Waals surface area contributed by atoms with E-state index in [0.29, 0.717) is 5.13 Å². The molecule has 0 saturated carbocycles. The van der Waals surface area contributed by atoms with Crippen LogP contribution in [0.1, 0.15) is 11.3 Å². The van der Waals surface area contributed by atoms with Crippen molar-refractivity contribution in [3.05, 3.63) is 52.5 Å².